The molecule has 2 rings (SSSR count). The maximum atomic E-state index is 14.5. The van der Waals surface area contributed by atoms with Crippen LogP contribution in [0.3, 0.4) is 0 Å². The molecule has 0 aliphatic carbocycles. The summed E-state index contributed by atoms with van der Waals surface area (Å²) in [4.78, 5) is 11.1. The van der Waals surface area contributed by atoms with Gasteiger partial charge in [0.1, 0.15) is 11.6 Å². The van der Waals surface area contributed by atoms with Gasteiger partial charge in [-0.15, -0.1) is 5.10 Å². The lowest BCUT2D eigenvalue weighted by Gasteiger charge is -2.20. The van der Waals surface area contributed by atoms with Crippen LogP contribution in [0.25, 0.3) is 0 Å². The molecular weight excluding hydrogens is 420 g/mol. The van der Waals surface area contributed by atoms with Crippen LogP contribution in [0.2, 0.25) is 0 Å². The quantitative estimate of drug-likeness (QED) is 0.657. The highest BCUT2D eigenvalue weighted by Crippen LogP contribution is 2.28. The SMILES string of the molecule is CC.CC.CCCN(Cc1cc(F)c([C@@H](OC)c2n[nH]c(=O)o2)cc1F)S(C)(=O)=O. The van der Waals surface area contributed by atoms with Gasteiger partial charge in [0.2, 0.25) is 10.0 Å². The fourth-order valence-electron chi connectivity index (χ4n) is 2.44. The van der Waals surface area contributed by atoms with Gasteiger partial charge in [0, 0.05) is 31.3 Å². The Morgan fingerprint density at radius 1 is 1.20 bits per heavy atom. The molecule has 0 unspecified atom stereocenters. The first-order valence-electron chi connectivity index (χ1n) is 9.68. The number of ether oxygens (including phenoxy) is 1. The molecule has 2 aromatic rings. The van der Waals surface area contributed by atoms with Gasteiger partial charge >= 0.3 is 5.76 Å². The van der Waals surface area contributed by atoms with E-state index in [1.54, 1.807) is 6.92 Å². The first kappa shape index (κ1) is 27.9. The van der Waals surface area contributed by atoms with Crippen molar-refractivity contribution in [1.29, 1.82) is 0 Å². The first-order chi connectivity index (χ1) is 14.2. The van der Waals surface area contributed by atoms with Crippen LogP contribution < -0.4 is 5.76 Å². The van der Waals surface area contributed by atoms with Gasteiger partial charge in [-0.2, -0.15) is 4.31 Å². The fourth-order valence-corrected chi connectivity index (χ4v) is 3.33. The molecule has 0 radical (unpaired) electrons. The summed E-state index contributed by atoms with van der Waals surface area (Å²) < 4.78 is 63.4. The zero-order valence-corrected chi connectivity index (χ0v) is 19.3. The van der Waals surface area contributed by atoms with Crippen LogP contribution in [-0.4, -0.2) is 42.8 Å². The Balaban J connectivity index is 0.00000198. The largest absolute Gasteiger partial charge is 0.434 e. The van der Waals surface area contributed by atoms with Crippen molar-refractivity contribution in [3.63, 3.8) is 0 Å². The summed E-state index contributed by atoms with van der Waals surface area (Å²) in [7, 11) is -2.35. The van der Waals surface area contributed by atoms with Crippen LogP contribution in [0, 0.1) is 11.6 Å². The Kier molecular flexibility index (Phi) is 12.3. The summed E-state index contributed by atoms with van der Waals surface area (Å²) in [5.74, 6) is -2.77. The van der Waals surface area contributed by atoms with E-state index < -0.39 is 33.5 Å². The first-order valence-corrected chi connectivity index (χ1v) is 11.5. The number of nitrogens with one attached hydrogen (secondary N) is 1. The smallest absolute Gasteiger partial charge is 0.389 e. The number of nitrogens with zero attached hydrogens (tertiary/aromatic N) is 2. The second-order valence-electron chi connectivity index (χ2n) is 5.63. The van der Waals surface area contributed by atoms with E-state index in [0.29, 0.717) is 6.42 Å². The van der Waals surface area contributed by atoms with E-state index >= 15 is 0 Å². The Labute approximate surface area is 176 Å². The molecule has 1 N–H and O–H groups in total. The number of benzene rings is 1. The van der Waals surface area contributed by atoms with E-state index in [0.717, 1.165) is 22.7 Å². The highest BCUT2D eigenvalue weighted by Gasteiger charge is 2.26. The van der Waals surface area contributed by atoms with Gasteiger partial charge < -0.3 is 9.15 Å². The second kappa shape index (κ2) is 13.2. The predicted molar refractivity (Wildman–Crippen MR) is 111 cm³/mol. The van der Waals surface area contributed by atoms with Crippen molar-refractivity contribution in [3.8, 4) is 0 Å². The van der Waals surface area contributed by atoms with Crippen molar-refractivity contribution in [2.75, 3.05) is 19.9 Å². The average Bonchev–Trinajstić information content (AvgIpc) is 3.14. The molecule has 0 saturated heterocycles. The lowest BCUT2D eigenvalue weighted by Crippen LogP contribution is -2.30. The number of halogens is 2. The van der Waals surface area contributed by atoms with E-state index in [1.807, 2.05) is 32.8 Å². The van der Waals surface area contributed by atoms with Crippen molar-refractivity contribution < 1.29 is 26.4 Å². The molecule has 0 bridgehead atoms. The van der Waals surface area contributed by atoms with Gasteiger partial charge in [-0.1, -0.05) is 34.6 Å². The number of H-pyrrole nitrogens is 1. The molecular formula is C19H31F2N3O5S. The molecule has 30 heavy (non-hydrogen) atoms. The Bertz CT molecular complexity index is 928. The molecule has 1 aromatic carbocycles. The Morgan fingerprint density at radius 2 is 1.80 bits per heavy atom. The normalized spacial score (nSPS) is 11.9. The van der Waals surface area contributed by atoms with E-state index in [4.69, 9.17) is 9.15 Å². The van der Waals surface area contributed by atoms with Crippen molar-refractivity contribution >= 4 is 10.0 Å². The van der Waals surface area contributed by atoms with Gasteiger partial charge in [0.15, 0.2) is 6.10 Å². The lowest BCUT2D eigenvalue weighted by atomic mass is 10.0. The van der Waals surface area contributed by atoms with Crippen LogP contribution in [0.1, 0.15) is 64.2 Å². The molecule has 0 fully saturated rings. The molecule has 0 aliphatic heterocycles. The number of hydrogen-bond acceptors (Lipinski definition) is 6. The molecule has 0 spiro atoms. The Hall–Kier alpha value is -2.11. The third-order valence-electron chi connectivity index (χ3n) is 3.65. The molecule has 11 heteroatoms. The monoisotopic (exact) mass is 451 g/mol. The van der Waals surface area contributed by atoms with Gasteiger partial charge in [-0.25, -0.2) is 27.1 Å². The molecule has 1 heterocycles. The molecule has 0 aliphatic rings. The third-order valence-corrected chi connectivity index (χ3v) is 4.90. The maximum Gasteiger partial charge on any atom is 0.434 e. The minimum atomic E-state index is -3.57. The van der Waals surface area contributed by atoms with E-state index in [1.165, 1.54) is 7.11 Å². The number of rotatable bonds is 8. The zero-order valence-electron chi connectivity index (χ0n) is 18.5. The minimum Gasteiger partial charge on any atom is -0.389 e. The summed E-state index contributed by atoms with van der Waals surface area (Å²) >= 11 is 0. The highest BCUT2D eigenvalue weighted by atomic mass is 32.2. The van der Waals surface area contributed by atoms with Crippen molar-refractivity contribution in [1.82, 2.24) is 14.5 Å². The summed E-state index contributed by atoms with van der Waals surface area (Å²) in [5.41, 5.74) is -0.353. The zero-order chi connectivity index (χ0) is 23.5. The summed E-state index contributed by atoms with van der Waals surface area (Å²) in [6.07, 6.45) is 0.296. The number of hydrogen-bond donors (Lipinski definition) is 1. The molecule has 1 aromatic heterocycles. The van der Waals surface area contributed by atoms with Crippen LogP contribution in [-0.2, 0) is 21.3 Å². The number of methoxy groups -OCH3 is 1. The maximum absolute atomic E-state index is 14.5. The van der Waals surface area contributed by atoms with Crippen molar-refractivity contribution in [2.24, 2.45) is 0 Å². The van der Waals surface area contributed by atoms with E-state index in [9.17, 15) is 22.0 Å². The van der Waals surface area contributed by atoms with Gasteiger partial charge in [-0.05, 0) is 18.6 Å². The number of aromatic nitrogens is 2. The predicted octanol–water partition coefficient (Wildman–Crippen LogP) is 3.60. The molecule has 1 atom stereocenters. The van der Waals surface area contributed by atoms with Crippen LogP contribution in [0.4, 0.5) is 8.78 Å². The van der Waals surface area contributed by atoms with Crippen LogP contribution in [0.5, 0.6) is 0 Å². The second-order valence-corrected chi connectivity index (χ2v) is 7.61. The molecule has 0 amide bonds. The lowest BCUT2D eigenvalue weighted by molar-refractivity contribution is 0.107. The fraction of sp³-hybridized carbons (Fsp3) is 0.579. The summed E-state index contributed by atoms with van der Waals surface area (Å²) in [6, 6.07) is 1.77. The number of sulfonamides is 1. The van der Waals surface area contributed by atoms with Crippen LogP contribution in [0.15, 0.2) is 21.3 Å². The van der Waals surface area contributed by atoms with Crippen LogP contribution >= 0.6 is 0 Å². The topological polar surface area (TPSA) is 106 Å². The number of aromatic amines is 1. The van der Waals surface area contributed by atoms with E-state index in [2.05, 4.69) is 5.10 Å². The summed E-state index contributed by atoms with van der Waals surface area (Å²) in [5, 5.41) is 5.57. The van der Waals surface area contributed by atoms with E-state index in [-0.39, 0.29) is 30.1 Å². The standard InChI is InChI=1S/C15H19F2N3O5S.2C2H6/c1-4-5-20(26(3,22)23)8-9-6-12(17)10(7-11(9)16)13(24-2)14-18-19-15(21)25-14;2*1-2/h6-7,13H,4-5,8H2,1-3H3,(H,19,21);2*1-2H3/t13-;;/m1../s1. The van der Waals surface area contributed by atoms with Gasteiger partial charge in [0.25, 0.3) is 5.89 Å². The molecule has 0 saturated carbocycles. The molecule has 172 valence electrons. The summed E-state index contributed by atoms with van der Waals surface area (Å²) in [6.45, 7) is 9.66. The average molecular weight is 452 g/mol. The van der Waals surface area contributed by atoms with Crippen molar-refractivity contribution in [2.45, 2.75) is 53.7 Å². The Morgan fingerprint density at radius 3 is 2.23 bits per heavy atom. The van der Waals surface area contributed by atoms with Crippen molar-refractivity contribution in [3.05, 3.63) is 51.3 Å². The van der Waals surface area contributed by atoms with Gasteiger partial charge in [-0.3, -0.25) is 0 Å². The minimum absolute atomic E-state index is 0.122. The molecule has 8 nitrogen and oxygen atoms in total. The van der Waals surface area contributed by atoms with Gasteiger partial charge in [0.05, 0.1) is 6.26 Å². The highest BCUT2D eigenvalue weighted by molar-refractivity contribution is 7.88. The third kappa shape index (κ3) is 7.62.